The standard InChI is InChI=1S/C29H37FN6O3/c1-19-17-35(18-20(2)39-19)29(38)26(4-3-13-31-27-16-25(27)21-5-9-23(30)10-6-21)33-28(37)22-7-11-24(12-8-22)36-15-14-32-34-36/h5-12,14-15,19-20,25-27,31-32,34H,3-4,13,16-18H2,1-2H3,(H,33,37)/t19-,20+,25-,26-,27+/m0/s1. The summed E-state index contributed by atoms with van der Waals surface area (Å²) < 4.78 is 19.0. The molecule has 1 saturated carbocycles. The molecule has 2 aromatic carbocycles. The van der Waals surface area contributed by atoms with Crippen LogP contribution in [-0.2, 0) is 9.53 Å². The monoisotopic (exact) mass is 536 g/mol. The number of nitrogens with zero attached hydrogens (tertiary/aromatic N) is 2. The number of hydrogen-bond donors (Lipinski definition) is 4. The first-order valence-electron chi connectivity index (χ1n) is 13.7. The summed E-state index contributed by atoms with van der Waals surface area (Å²) in [6, 6.07) is 13.6. The van der Waals surface area contributed by atoms with Gasteiger partial charge in [0, 0.05) is 43.0 Å². The third kappa shape index (κ3) is 6.95. The normalized spacial score (nSPS) is 24.8. The molecule has 10 heteroatoms. The summed E-state index contributed by atoms with van der Waals surface area (Å²) in [5, 5.41) is 8.35. The molecular formula is C29H37FN6O3. The summed E-state index contributed by atoms with van der Waals surface area (Å²) in [5.41, 5.74) is 8.35. The van der Waals surface area contributed by atoms with Crippen LogP contribution in [0.15, 0.2) is 60.9 Å². The minimum atomic E-state index is -0.629. The Labute approximate surface area is 228 Å². The number of morpholine rings is 1. The molecule has 1 saturated heterocycles. The zero-order valence-electron chi connectivity index (χ0n) is 22.4. The lowest BCUT2D eigenvalue weighted by atomic mass is 10.1. The first-order chi connectivity index (χ1) is 18.9. The lowest BCUT2D eigenvalue weighted by Gasteiger charge is -2.37. The summed E-state index contributed by atoms with van der Waals surface area (Å²) in [4.78, 5) is 28.5. The topological polar surface area (TPSA) is 98.0 Å². The zero-order valence-corrected chi connectivity index (χ0v) is 22.4. The van der Waals surface area contributed by atoms with Crippen molar-refractivity contribution in [3.8, 4) is 0 Å². The molecule has 5 atom stereocenters. The van der Waals surface area contributed by atoms with Gasteiger partial charge in [-0.15, -0.1) is 5.53 Å². The largest absolute Gasteiger partial charge is 0.372 e. The highest BCUT2D eigenvalue weighted by Crippen LogP contribution is 2.40. The number of anilines is 1. The first-order valence-corrected chi connectivity index (χ1v) is 13.7. The summed E-state index contributed by atoms with van der Waals surface area (Å²) in [5.74, 6) is -0.178. The SMILES string of the molecule is C[C@@H]1CN(C(=O)[C@H](CCCN[C@@H]2C[C@H]2c2ccc(F)cc2)NC(=O)c2ccc(N3C=CNN3)cc2)C[C@H](C)O1. The van der Waals surface area contributed by atoms with Gasteiger partial charge in [0.2, 0.25) is 5.91 Å². The van der Waals surface area contributed by atoms with E-state index in [2.05, 4.69) is 21.6 Å². The Morgan fingerprint density at radius 3 is 2.46 bits per heavy atom. The number of hydrazine groups is 2. The highest BCUT2D eigenvalue weighted by Gasteiger charge is 2.38. The Morgan fingerprint density at radius 1 is 1.08 bits per heavy atom. The minimum absolute atomic E-state index is 0.0516. The van der Waals surface area contributed by atoms with E-state index in [4.69, 9.17) is 4.74 Å². The molecule has 2 amide bonds. The van der Waals surface area contributed by atoms with Crippen molar-refractivity contribution < 1.29 is 18.7 Å². The van der Waals surface area contributed by atoms with Crippen LogP contribution in [0.2, 0.25) is 0 Å². The second-order valence-corrected chi connectivity index (χ2v) is 10.6. The fourth-order valence-electron chi connectivity index (χ4n) is 5.35. The summed E-state index contributed by atoms with van der Waals surface area (Å²) in [7, 11) is 0. The molecular weight excluding hydrogens is 499 g/mol. The minimum Gasteiger partial charge on any atom is -0.372 e. The molecule has 0 aromatic heterocycles. The highest BCUT2D eigenvalue weighted by atomic mass is 19.1. The zero-order chi connectivity index (χ0) is 27.4. The fraction of sp³-hybridized carbons (Fsp3) is 0.448. The number of ether oxygens (including phenoxy) is 1. The van der Waals surface area contributed by atoms with Gasteiger partial charge < -0.3 is 25.7 Å². The van der Waals surface area contributed by atoms with Crippen LogP contribution in [0.1, 0.15) is 54.9 Å². The van der Waals surface area contributed by atoms with Gasteiger partial charge in [-0.1, -0.05) is 12.1 Å². The molecule has 0 unspecified atom stereocenters. The molecule has 9 nitrogen and oxygen atoms in total. The number of hydrogen-bond acceptors (Lipinski definition) is 7. The van der Waals surface area contributed by atoms with Gasteiger partial charge in [0.05, 0.1) is 17.9 Å². The number of carbonyl (C=O) groups excluding carboxylic acids is 2. The van der Waals surface area contributed by atoms with E-state index < -0.39 is 6.04 Å². The quantitative estimate of drug-likeness (QED) is 0.347. The van der Waals surface area contributed by atoms with E-state index in [1.54, 1.807) is 23.3 Å². The Balaban J connectivity index is 1.17. The van der Waals surface area contributed by atoms with Gasteiger partial charge in [-0.3, -0.25) is 14.6 Å². The summed E-state index contributed by atoms with van der Waals surface area (Å²) >= 11 is 0. The van der Waals surface area contributed by atoms with Crippen molar-refractivity contribution in [1.82, 2.24) is 26.5 Å². The van der Waals surface area contributed by atoms with Gasteiger partial charge in [0.15, 0.2) is 0 Å². The Hall–Kier alpha value is -3.47. The van der Waals surface area contributed by atoms with E-state index in [1.165, 1.54) is 12.1 Å². The van der Waals surface area contributed by atoms with Crippen molar-refractivity contribution in [3.05, 3.63) is 77.9 Å². The maximum Gasteiger partial charge on any atom is 0.251 e. The van der Waals surface area contributed by atoms with Crippen LogP contribution >= 0.6 is 0 Å². The number of carbonyl (C=O) groups is 2. The van der Waals surface area contributed by atoms with E-state index in [-0.39, 0.29) is 29.8 Å². The third-order valence-corrected chi connectivity index (χ3v) is 7.40. The van der Waals surface area contributed by atoms with Crippen LogP contribution in [0.25, 0.3) is 0 Å². The van der Waals surface area contributed by atoms with E-state index >= 15 is 0 Å². The van der Waals surface area contributed by atoms with Crippen LogP contribution in [0, 0.1) is 5.82 Å². The third-order valence-electron chi connectivity index (χ3n) is 7.40. The lowest BCUT2D eigenvalue weighted by Crippen LogP contribution is -2.55. The van der Waals surface area contributed by atoms with Crippen molar-refractivity contribution in [2.45, 2.75) is 63.3 Å². The molecule has 3 aliphatic rings. The Bertz CT molecular complexity index is 1160. The molecule has 0 radical (unpaired) electrons. The molecule has 39 heavy (non-hydrogen) atoms. The number of benzene rings is 2. The van der Waals surface area contributed by atoms with Crippen molar-refractivity contribution in [3.63, 3.8) is 0 Å². The predicted molar refractivity (Wildman–Crippen MR) is 147 cm³/mol. The first kappa shape index (κ1) is 27.1. The number of halogens is 1. The van der Waals surface area contributed by atoms with E-state index in [0.29, 0.717) is 37.0 Å². The number of nitrogens with one attached hydrogen (secondary N) is 4. The molecule has 2 fully saturated rings. The fourth-order valence-corrected chi connectivity index (χ4v) is 5.35. The van der Waals surface area contributed by atoms with Gasteiger partial charge in [0.25, 0.3) is 5.91 Å². The Morgan fingerprint density at radius 2 is 1.79 bits per heavy atom. The molecule has 2 aromatic rings. The van der Waals surface area contributed by atoms with E-state index in [1.807, 2.05) is 49.2 Å². The molecule has 2 heterocycles. The van der Waals surface area contributed by atoms with Crippen molar-refractivity contribution in [2.75, 3.05) is 24.6 Å². The van der Waals surface area contributed by atoms with Crippen LogP contribution in [0.4, 0.5) is 10.1 Å². The second kappa shape index (κ2) is 12.1. The lowest BCUT2D eigenvalue weighted by molar-refractivity contribution is -0.145. The van der Waals surface area contributed by atoms with Crippen LogP contribution in [0.5, 0.6) is 0 Å². The van der Waals surface area contributed by atoms with Crippen LogP contribution in [-0.4, -0.2) is 60.6 Å². The van der Waals surface area contributed by atoms with Crippen LogP contribution < -0.4 is 26.6 Å². The van der Waals surface area contributed by atoms with E-state index in [0.717, 1.165) is 30.6 Å². The van der Waals surface area contributed by atoms with Gasteiger partial charge in [-0.05, 0) is 81.6 Å². The molecule has 0 bridgehead atoms. The summed E-state index contributed by atoms with van der Waals surface area (Å²) in [6.45, 7) is 5.67. The molecule has 4 N–H and O–H groups in total. The predicted octanol–water partition coefficient (Wildman–Crippen LogP) is 2.79. The molecule has 208 valence electrons. The van der Waals surface area contributed by atoms with Gasteiger partial charge in [-0.25, -0.2) is 4.39 Å². The molecule has 0 spiro atoms. The molecule has 2 aliphatic heterocycles. The average molecular weight is 537 g/mol. The molecule has 5 rings (SSSR count). The highest BCUT2D eigenvalue weighted by molar-refractivity contribution is 5.97. The van der Waals surface area contributed by atoms with Crippen molar-refractivity contribution in [1.29, 1.82) is 0 Å². The van der Waals surface area contributed by atoms with Crippen LogP contribution in [0.3, 0.4) is 0 Å². The average Bonchev–Trinajstić information content (AvgIpc) is 3.48. The van der Waals surface area contributed by atoms with Gasteiger partial charge in [0.1, 0.15) is 11.9 Å². The maximum atomic E-state index is 13.6. The smallest absolute Gasteiger partial charge is 0.251 e. The van der Waals surface area contributed by atoms with Gasteiger partial charge in [-0.2, -0.15) is 0 Å². The molecule has 1 aliphatic carbocycles. The van der Waals surface area contributed by atoms with Crippen molar-refractivity contribution in [2.24, 2.45) is 0 Å². The Kier molecular flexibility index (Phi) is 8.44. The second-order valence-electron chi connectivity index (χ2n) is 10.6. The number of rotatable bonds is 10. The number of amides is 2. The maximum absolute atomic E-state index is 13.6. The summed E-state index contributed by atoms with van der Waals surface area (Å²) in [6.07, 6.45) is 5.78. The van der Waals surface area contributed by atoms with E-state index in [9.17, 15) is 14.0 Å². The van der Waals surface area contributed by atoms with Gasteiger partial charge >= 0.3 is 0 Å². The van der Waals surface area contributed by atoms with Crippen molar-refractivity contribution >= 4 is 17.5 Å².